The van der Waals surface area contributed by atoms with Crippen LogP contribution in [0.25, 0.3) is 109 Å². The summed E-state index contributed by atoms with van der Waals surface area (Å²) in [6.45, 7) is 9.55. The summed E-state index contributed by atoms with van der Waals surface area (Å²) >= 11 is 1.93. The van der Waals surface area contributed by atoms with Gasteiger partial charge in [-0.1, -0.05) is 155 Å². The molecule has 0 amide bonds. The van der Waals surface area contributed by atoms with E-state index in [4.69, 9.17) is 0 Å². The molecule has 0 N–H and O–H groups in total. The minimum Gasteiger partial charge on any atom is -0.309 e. The fourth-order valence-corrected chi connectivity index (χ4v) is 13.1. The van der Waals surface area contributed by atoms with Gasteiger partial charge >= 0.3 is 0 Å². The number of hydrogen-bond donors (Lipinski definition) is 0. The number of benzene rings is 9. The summed E-state index contributed by atoms with van der Waals surface area (Å²) in [5.74, 6) is 0. The van der Waals surface area contributed by atoms with Crippen LogP contribution in [0.4, 0.5) is 0 Å². The molecule has 0 radical (unpaired) electrons. The van der Waals surface area contributed by atoms with E-state index in [1.165, 1.54) is 131 Å². The van der Waals surface area contributed by atoms with Crippen LogP contribution >= 0.6 is 11.3 Å². The second-order valence-electron chi connectivity index (χ2n) is 18.9. The third-order valence-corrected chi connectivity index (χ3v) is 16.1. The van der Waals surface area contributed by atoms with Crippen molar-refractivity contribution in [2.75, 3.05) is 0 Å². The van der Waals surface area contributed by atoms with Crippen LogP contribution in [0.1, 0.15) is 49.9 Å². The highest BCUT2D eigenvalue weighted by Crippen LogP contribution is 2.55. The van der Waals surface area contributed by atoms with Crippen molar-refractivity contribution in [3.05, 3.63) is 204 Å². The molecular weight excluding hydrogens is 781 g/mol. The molecule has 0 saturated carbocycles. The summed E-state index contributed by atoms with van der Waals surface area (Å²) in [5.41, 5.74) is 20.5. The maximum Gasteiger partial charge on any atom is 0.0547 e. The number of hydrogen-bond acceptors (Lipinski definition) is 1. The van der Waals surface area contributed by atoms with E-state index >= 15 is 0 Å². The van der Waals surface area contributed by atoms with E-state index in [9.17, 15) is 0 Å². The second-order valence-corrected chi connectivity index (χ2v) is 19.9. The van der Waals surface area contributed by atoms with Crippen LogP contribution in [0.3, 0.4) is 0 Å². The molecule has 0 aliphatic heterocycles. The fraction of sp³-hybridized carbons (Fsp3) is 0.100. The van der Waals surface area contributed by atoms with Gasteiger partial charge in [0.25, 0.3) is 0 Å². The van der Waals surface area contributed by atoms with Gasteiger partial charge in [0.1, 0.15) is 0 Å². The van der Waals surface area contributed by atoms with Gasteiger partial charge in [-0.3, -0.25) is 0 Å². The van der Waals surface area contributed by atoms with Crippen LogP contribution < -0.4 is 0 Å². The zero-order valence-electron chi connectivity index (χ0n) is 35.6. The summed E-state index contributed by atoms with van der Waals surface area (Å²) in [4.78, 5) is 0. The number of rotatable bonds is 3. The Morgan fingerprint density at radius 3 is 1.51 bits per heavy atom. The minimum atomic E-state index is -0.138. The Balaban J connectivity index is 0.944. The van der Waals surface area contributed by atoms with Crippen LogP contribution in [-0.2, 0) is 10.8 Å². The Morgan fingerprint density at radius 2 is 0.841 bits per heavy atom. The third kappa shape index (κ3) is 4.62. The molecule has 63 heavy (non-hydrogen) atoms. The Morgan fingerprint density at radius 1 is 0.349 bits per heavy atom. The lowest BCUT2D eigenvalue weighted by molar-refractivity contribution is 0.660. The summed E-state index contributed by atoms with van der Waals surface area (Å²) < 4.78 is 7.74. The number of aromatic nitrogens is 2. The van der Waals surface area contributed by atoms with Gasteiger partial charge in [0, 0.05) is 69.5 Å². The van der Waals surface area contributed by atoms with E-state index in [0.717, 1.165) is 0 Å². The molecule has 0 atom stereocenters. The van der Waals surface area contributed by atoms with E-state index in [1.807, 2.05) is 11.3 Å². The molecule has 3 heteroatoms. The lowest BCUT2D eigenvalue weighted by atomic mass is 9.82. The molecule has 0 bridgehead atoms. The predicted octanol–water partition coefficient (Wildman–Crippen LogP) is 16.5. The van der Waals surface area contributed by atoms with Crippen molar-refractivity contribution in [2.45, 2.75) is 38.5 Å². The largest absolute Gasteiger partial charge is 0.309 e. The van der Waals surface area contributed by atoms with Crippen LogP contribution in [0.15, 0.2) is 182 Å². The first kappa shape index (κ1) is 35.4. The molecule has 3 heterocycles. The first-order chi connectivity index (χ1) is 30.8. The van der Waals surface area contributed by atoms with Gasteiger partial charge in [0.15, 0.2) is 0 Å². The molecule has 14 rings (SSSR count). The highest BCUT2D eigenvalue weighted by molar-refractivity contribution is 7.26. The van der Waals surface area contributed by atoms with Crippen molar-refractivity contribution in [1.29, 1.82) is 0 Å². The predicted molar refractivity (Wildman–Crippen MR) is 269 cm³/mol. The quantitative estimate of drug-likeness (QED) is 0.168. The molecule has 2 aliphatic carbocycles. The van der Waals surface area contributed by atoms with E-state index in [0.29, 0.717) is 0 Å². The van der Waals surface area contributed by atoms with Crippen molar-refractivity contribution in [3.8, 4) is 44.8 Å². The Kier molecular flexibility index (Phi) is 6.88. The normalized spacial score (nSPS) is 14.6. The molecule has 9 aromatic carbocycles. The van der Waals surface area contributed by atoms with Gasteiger partial charge < -0.3 is 9.13 Å². The monoisotopic (exact) mass is 822 g/mol. The van der Waals surface area contributed by atoms with Crippen molar-refractivity contribution in [3.63, 3.8) is 0 Å². The number of thiophene rings is 1. The van der Waals surface area contributed by atoms with Crippen molar-refractivity contribution >= 4 is 75.1 Å². The van der Waals surface area contributed by atoms with Crippen molar-refractivity contribution in [2.24, 2.45) is 0 Å². The summed E-state index contributed by atoms with van der Waals surface area (Å²) in [6, 6.07) is 68.8. The summed E-state index contributed by atoms with van der Waals surface area (Å²) in [6.07, 6.45) is 0. The maximum atomic E-state index is 2.50. The molecule has 2 nitrogen and oxygen atoms in total. The van der Waals surface area contributed by atoms with Crippen LogP contribution in [0.5, 0.6) is 0 Å². The molecule has 3 aromatic heterocycles. The maximum absolute atomic E-state index is 2.50. The Labute approximate surface area is 369 Å². The van der Waals surface area contributed by atoms with Gasteiger partial charge in [-0.2, -0.15) is 0 Å². The SMILES string of the molecule is CC1(C)c2ccccc2-c2ccc(-n3c4ccccc4c4ccc(-c5ccc6c7ccccc7n(-c7ccc8c(c7)C(C)(C)c7ccc9c(sc%10ccccc%109)c7-8)c6c5)cc43)cc21. The second kappa shape index (κ2) is 12.2. The topological polar surface area (TPSA) is 9.86 Å². The number of fused-ring (bicyclic) bond motifs is 16. The zero-order valence-corrected chi connectivity index (χ0v) is 36.4. The van der Waals surface area contributed by atoms with E-state index < -0.39 is 0 Å². The highest BCUT2D eigenvalue weighted by atomic mass is 32.1. The average Bonchev–Trinajstić information content (AvgIpc) is 4.07. The van der Waals surface area contributed by atoms with Gasteiger partial charge in [-0.05, 0) is 105 Å². The molecular formula is C60H42N2S. The molecule has 2 aliphatic rings. The lowest BCUT2D eigenvalue weighted by Crippen LogP contribution is -2.15. The van der Waals surface area contributed by atoms with E-state index in [-0.39, 0.29) is 10.8 Å². The number of nitrogens with zero attached hydrogens (tertiary/aromatic N) is 2. The van der Waals surface area contributed by atoms with Crippen LogP contribution in [-0.4, -0.2) is 9.13 Å². The minimum absolute atomic E-state index is 0.0794. The standard InChI is InChI=1S/C60H42N2S/c1-59(2)48-17-9-5-13-39(48)40-27-23-37(33-50(40)59)61-52-18-10-6-14-41(52)43-25-21-35(31-54(43)61)36-22-26-44-42-15-7-11-19-53(42)62(55(44)32-36)38-24-28-47-51(34-38)60(3,4)49-30-29-46-45-16-8-12-20-56(45)63-58(46)57(47)49/h5-34H,1-4H3. The molecule has 0 fully saturated rings. The van der Waals surface area contributed by atoms with Crippen LogP contribution in [0.2, 0.25) is 0 Å². The molecule has 0 unspecified atom stereocenters. The molecule has 298 valence electrons. The van der Waals surface area contributed by atoms with Crippen LogP contribution in [0, 0.1) is 0 Å². The molecule has 0 saturated heterocycles. The van der Waals surface area contributed by atoms with Gasteiger partial charge in [0.2, 0.25) is 0 Å². The molecule has 12 aromatic rings. The Bertz CT molecular complexity index is 3980. The third-order valence-electron chi connectivity index (χ3n) is 14.9. The summed E-state index contributed by atoms with van der Waals surface area (Å²) in [5, 5.41) is 7.78. The van der Waals surface area contributed by atoms with Crippen molar-refractivity contribution < 1.29 is 0 Å². The highest BCUT2D eigenvalue weighted by Gasteiger charge is 2.38. The molecule has 0 spiro atoms. The van der Waals surface area contributed by atoms with Gasteiger partial charge in [-0.15, -0.1) is 11.3 Å². The number of para-hydroxylation sites is 2. The first-order valence-corrected chi connectivity index (χ1v) is 23.0. The lowest BCUT2D eigenvalue weighted by Gasteiger charge is -2.22. The smallest absolute Gasteiger partial charge is 0.0547 e. The van der Waals surface area contributed by atoms with Gasteiger partial charge in [0.05, 0.1) is 22.1 Å². The Hall–Kier alpha value is -7.20. The van der Waals surface area contributed by atoms with Crippen molar-refractivity contribution in [1.82, 2.24) is 9.13 Å². The zero-order chi connectivity index (χ0) is 41.9. The fourth-order valence-electron chi connectivity index (χ4n) is 11.8. The van der Waals surface area contributed by atoms with E-state index in [1.54, 1.807) is 0 Å². The van der Waals surface area contributed by atoms with Gasteiger partial charge in [-0.25, -0.2) is 0 Å². The average molecular weight is 823 g/mol. The summed E-state index contributed by atoms with van der Waals surface area (Å²) in [7, 11) is 0. The van der Waals surface area contributed by atoms with E-state index in [2.05, 4.69) is 219 Å². The first-order valence-electron chi connectivity index (χ1n) is 22.2.